The van der Waals surface area contributed by atoms with E-state index >= 15 is 0 Å². The van der Waals surface area contributed by atoms with Crippen molar-refractivity contribution in [2.24, 2.45) is 0 Å². The highest BCUT2D eigenvalue weighted by Crippen LogP contribution is 2.23. The van der Waals surface area contributed by atoms with E-state index in [0.29, 0.717) is 23.6 Å². The van der Waals surface area contributed by atoms with Crippen LogP contribution in [0.1, 0.15) is 23.7 Å². The Bertz CT molecular complexity index is 1430. The van der Waals surface area contributed by atoms with E-state index in [-0.39, 0.29) is 5.56 Å². The van der Waals surface area contributed by atoms with Gasteiger partial charge in [-0.25, -0.2) is 0 Å². The fourth-order valence-electron chi connectivity index (χ4n) is 4.14. The second-order valence-electron chi connectivity index (χ2n) is 7.78. The normalized spacial score (nSPS) is 11.3. The number of fused-ring (bicyclic) bond motifs is 1. The summed E-state index contributed by atoms with van der Waals surface area (Å²) in [5.74, 6) is 1.15. The molecule has 0 N–H and O–H groups in total. The zero-order valence-electron chi connectivity index (χ0n) is 18.0. The summed E-state index contributed by atoms with van der Waals surface area (Å²) in [6.45, 7) is 4.77. The maximum absolute atomic E-state index is 13.2. The Hall–Kier alpha value is -4.00. The topological polar surface area (TPSA) is 78.7 Å². The molecule has 0 spiro atoms. The molecule has 3 heterocycles. The number of aryl methyl sites for hydroxylation is 3. The number of hydrogen-bond acceptors (Lipinski definition) is 5. The zero-order valence-corrected chi connectivity index (χ0v) is 18.0. The highest BCUT2D eigenvalue weighted by atomic mass is 16.4. The third kappa shape index (κ3) is 3.51. The predicted octanol–water partition coefficient (Wildman–Crippen LogP) is 4.49. The summed E-state index contributed by atoms with van der Waals surface area (Å²) >= 11 is 0. The highest BCUT2D eigenvalue weighted by Gasteiger charge is 2.17. The molecule has 0 aliphatic heterocycles. The Morgan fingerprint density at radius 2 is 1.62 bits per heavy atom. The Kier molecular flexibility index (Phi) is 5.15. The number of hydrogen-bond donors (Lipinski definition) is 0. The van der Waals surface area contributed by atoms with Crippen molar-refractivity contribution in [2.75, 3.05) is 0 Å². The molecular formula is C25H23N5O2. The van der Waals surface area contributed by atoms with E-state index < -0.39 is 0 Å². The predicted molar refractivity (Wildman–Crippen MR) is 123 cm³/mol. The third-order valence-corrected chi connectivity index (χ3v) is 5.80. The van der Waals surface area contributed by atoms with Gasteiger partial charge in [0.05, 0.1) is 17.3 Å². The van der Waals surface area contributed by atoms with Crippen LogP contribution in [0.25, 0.3) is 27.9 Å². The second kappa shape index (κ2) is 8.26. The van der Waals surface area contributed by atoms with Crippen LogP contribution in [-0.2, 0) is 13.0 Å². The van der Waals surface area contributed by atoms with Gasteiger partial charge in [-0.2, -0.15) is 9.78 Å². The number of para-hydroxylation sites is 1. The van der Waals surface area contributed by atoms with Crippen LogP contribution >= 0.6 is 0 Å². The maximum Gasteiger partial charge on any atom is 0.281 e. The van der Waals surface area contributed by atoms with Gasteiger partial charge in [0.2, 0.25) is 11.8 Å². The highest BCUT2D eigenvalue weighted by molar-refractivity contribution is 5.87. The third-order valence-electron chi connectivity index (χ3n) is 5.80. The smallest absolute Gasteiger partial charge is 0.281 e. The molecule has 0 saturated heterocycles. The largest absolute Gasteiger partial charge is 0.421 e. The molecular weight excluding hydrogens is 402 g/mol. The van der Waals surface area contributed by atoms with Crippen LogP contribution in [0.2, 0.25) is 0 Å². The summed E-state index contributed by atoms with van der Waals surface area (Å²) in [6.07, 6.45) is 3.27. The lowest BCUT2D eigenvalue weighted by molar-refractivity contribution is 0.483. The molecule has 0 atom stereocenters. The molecule has 0 bridgehead atoms. The number of rotatable bonds is 6. The number of nitrogens with zero attached hydrogens (tertiary/aromatic N) is 5. The van der Waals surface area contributed by atoms with E-state index in [1.165, 1.54) is 4.68 Å². The van der Waals surface area contributed by atoms with Gasteiger partial charge >= 0.3 is 0 Å². The molecule has 7 heteroatoms. The van der Waals surface area contributed by atoms with Gasteiger partial charge < -0.3 is 8.98 Å². The lowest BCUT2D eigenvalue weighted by Crippen LogP contribution is -2.21. The maximum atomic E-state index is 13.2. The Labute approximate surface area is 185 Å². The second-order valence-corrected chi connectivity index (χ2v) is 7.78. The molecule has 0 aliphatic rings. The molecule has 0 fully saturated rings. The van der Waals surface area contributed by atoms with Crippen molar-refractivity contribution in [3.63, 3.8) is 0 Å². The average molecular weight is 425 g/mol. The van der Waals surface area contributed by atoms with Crippen LogP contribution in [0.5, 0.6) is 0 Å². The van der Waals surface area contributed by atoms with Crippen molar-refractivity contribution in [1.29, 1.82) is 0 Å². The number of aromatic nitrogens is 5. The first-order valence-corrected chi connectivity index (χ1v) is 10.6. The first-order chi connectivity index (χ1) is 15.6. The van der Waals surface area contributed by atoms with Gasteiger partial charge in [-0.1, -0.05) is 36.4 Å². The quantitative estimate of drug-likeness (QED) is 0.401. The molecule has 3 aromatic heterocycles. The van der Waals surface area contributed by atoms with E-state index in [2.05, 4.69) is 19.9 Å². The molecule has 0 radical (unpaired) electrons. The Morgan fingerprint density at radius 3 is 2.38 bits per heavy atom. The molecule has 0 amide bonds. The molecule has 0 unspecified atom stereocenters. The molecule has 7 nitrogen and oxygen atoms in total. The molecule has 160 valence electrons. The van der Waals surface area contributed by atoms with Crippen LogP contribution in [0, 0.1) is 13.8 Å². The van der Waals surface area contributed by atoms with Crippen molar-refractivity contribution < 1.29 is 4.42 Å². The van der Waals surface area contributed by atoms with Gasteiger partial charge in [-0.05, 0) is 44.5 Å². The van der Waals surface area contributed by atoms with E-state index in [1.807, 2.05) is 74.5 Å². The summed E-state index contributed by atoms with van der Waals surface area (Å²) in [4.78, 5) is 13.2. The molecule has 32 heavy (non-hydrogen) atoms. The SMILES string of the molecule is Cc1c2cnn(-c3ccccc3)c(=O)c2c(C)n1CCCc1nnc(-c2ccccc2)o1. The summed E-state index contributed by atoms with van der Waals surface area (Å²) < 4.78 is 9.46. The van der Waals surface area contributed by atoms with Gasteiger partial charge in [0.15, 0.2) is 0 Å². The van der Waals surface area contributed by atoms with Crippen LogP contribution in [0.3, 0.4) is 0 Å². The van der Waals surface area contributed by atoms with E-state index in [0.717, 1.165) is 41.0 Å². The van der Waals surface area contributed by atoms with Crippen molar-refractivity contribution in [3.05, 3.63) is 94.5 Å². The van der Waals surface area contributed by atoms with Crippen molar-refractivity contribution in [1.82, 2.24) is 24.5 Å². The summed E-state index contributed by atoms with van der Waals surface area (Å²) in [6, 6.07) is 19.2. The first-order valence-electron chi connectivity index (χ1n) is 10.6. The van der Waals surface area contributed by atoms with Crippen LogP contribution < -0.4 is 5.56 Å². The van der Waals surface area contributed by atoms with Gasteiger partial charge in [0.1, 0.15) is 0 Å². The van der Waals surface area contributed by atoms with Crippen molar-refractivity contribution in [2.45, 2.75) is 33.2 Å². The number of benzene rings is 2. The minimum Gasteiger partial charge on any atom is -0.421 e. The Morgan fingerprint density at radius 1 is 0.906 bits per heavy atom. The van der Waals surface area contributed by atoms with Crippen LogP contribution in [0.4, 0.5) is 0 Å². The van der Waals surface area contributed by atoms with E-state index in [4.69, 9.17) is 4.42 Å². The van der Waals surface area contributed by atoms with Crippen molar-refractivity contribution >= 4 is 10.8 Å². The minimum atomic E-state index is -0.0996. The zero-order chi connectivity index (χ0) is 22.1. The molecule has 2 aromatic carbocycles. The van der Waals surface area contributed by atoms with Gasteiger partial charge in [0.25, 0.3) is 5.56 Å². The first kappa shape index (κ1) is 19.9. The van der Waals surface area contributed by atoms with Gasteiger partial charge in [-0.15, -0.1) is 10.2 Å². The molecule has 5 aromatic rings. The minimum absolute atomic E-state index is 0.0996. The fourth-order valence-corrected chi connectivity index (χ4v) is 4.14. The molecule has 0 saturated carbocycles. The Balaban J connectivity index is 1.38. The lowest BCUT2D eigenvalue weighted by Gasteiger charge is -2.07. The van der Waals surface area contributed by atoms with Crippen LogP contribution in [-0.4, -0.2) is 24.5 Å². The van der Waals surface area contributed by atoms with E-state index in [9.17, 15) is 4.79 Å². The summed E-state index contributed by atoms with van der Waals surface area (Å²) in [7, 11) is 0. The lowest BCUT2D eigenvalue weighted by atomic mass is 10.2. The van der Waals surface area contributed by atoms with Crippen LogP contribution in [0.15, 0.2) is 76.1 Å². The standard InChI is InChI=1S/C25H23N5O2/c1-17-21-16-26-30(20-12-7-4-8-13-20)25(31)23(21)18(2)29(17)15-9-14-22-27-28-24(32-22)19-10-5-3-6-11-19/h3-8,10-13,16H,9,14-15H2,1-2H3. The van der Waals surface area contributed by atoms with E-state index in [1.54, 1.807) is 6.20 Å². The van der Waals surface area contributed by atoms with Gasteiger partial charge in [-0.3, -0.25) is 4.79 Å². The van der Waals surface area contributed by atoms with Gasteiger partial charge in [0, 0.05) is 35.3 Å². The summed E-state index contributed by atoms with van der Waals surface area (Å²) in [5.41, 5.74) is 3.56. The van der Waals surface area contributed by atoms with Crippen molar-refractivity contribution in [3.8, 4) is 17.1 Å². The fraction of sp³-hybridized carbons (Fsp3) is 0.200. The molecule has 0 aliphatic carbocycles. The average Bonchev–Trinajstić information content (AvgIpc) is 3.39. The monoisotopic (exact) mass is 425 g/mol. The summed E-state index contributed by atoms with van der Waals surface area (Å²) in [5, 5.41) is 14.4. The molecule has 5 rings (SSSR count).